The predicted octanol–water partition coefficient (Wildman–Crippen LogP) is 3.02. The highest BCUT2D eigenvalue weighted by Crippen LogP contribution is 2.23. The van der Waals surface area contributed by atoms with Gasteiger partial charge in [0.1, 0.15) is 12.0 Å². The number of nitrogens with one attached hydrogen (secondary N) is 1. The van der Waals surface area contributed by atoms with Crippen LogP contribution in [0.2, 0.25) is 0 Å². The van der Waals surface area contributed by atoms with Crippen molar-refractivity contribution in [1.82, 2.24) is 4.98 Å². The van der Waals surface area contributed by atoms with Gasteiger partial charge in [0.2, 0.25) is 5.91 Å². The molecule has 114 valence electrons. The standard InChI is InChI=1S/C15H16N4O3/c1-10-8-15(16-9-14(10)19(21)22)17-12-4-6-13(7-5-12)18(3)11(2)20/h4-9H,1-3H3,(H,16,17). The number of benzene rings is 1. The van der Waals surface area contributed by atoms with Crippen molar-refractivity contribution in [1.29, 1.82) is 0 Å². The van der Waals surface area contributed by atoms with Crippen LogP contribution in [-0.4, -0.2) is 22.9 Å². The highest BCUT2D eigenvalue weighted by molar-refractivity contribution is 5.91. The van der Waals surface area contributed by atoms with Gasteiger partial charge in [-0.2, -0.15) is 0 Å². The Balaban J connectivity index is 2.16. The lowest BCUT2D eigenvalue weighted by atomic mass is 10.2. The van der Waals surface area contributed by atoms with Gasteiger partial charge in [-0.1, -0.05) is 0 Å². The van der Waals surface area contributed by atoms with Gasteiger partial charge in [-0.3, -0.25) is 14.9 Å². The Morgan fingerprint density at radius 1 is 1.32 bits per heavy atom. The molecule has 0 aliphatic carbocycles. The third kappa shape index (κ3) is 3.38. The molecule has 7 heteroatoms. The molecule has 0 spiro atoms. The average Bonchev–Trinajstić information content (AvgIpc) is 2.47. The van der Waals surface area contributed by atoms with Gasteiger partial charge < -0.3 is 10.2 Å². The molecular weight excluding hydrogens is 284 g/mol. The molecule has 7 nitrogen and oxygen atoms in total. The minimum absolute atomic E-state index is 0.0102. The minimum Gasteiger partial charge on any atom is -0.340 e. The number of pyridine rings is 1. The van der Waals surface area contributed by atoms with Crippen LogP contribution in [0.15, 0.2) is 36.5 Å². The van der Waals surface area contributed by atoms with E-state index in [1.165, 1.54) is 18.0 Å². The van der Waals surface area contributed by atoms with E-state index in [-0.39, 0.29) is 11.6 Å². The molecule has 0 bridgehead atoms. The Bertz CT molecular complexity index is 713. The number of aryl methyl sites for hydroxylation is 1. The van der Waals surface area contributed by atoms with E-state index in [9.17, 15) is 14.9 Å². The van der Waals surface area contributed by atoms with Gasteiger partial charge in [0.05, 0.1) is 4.92 Å². The van der Waals surface area contributed by atoms with Crippen LogP contribution in [0.1, 0.15) is 12.5 Å². The molecule has 2 aromatic rings. The van der Waals surface area contributed by atoms with E-state index in [0.717, 1.165) is 11.4 Å². The summed E-state index contributed by atoms with van der Waals surface area (Å²) < 4.78 is 0. The quantitative estimate of drug-likeness (QED) is 0.692. The average molecular weight is 300 g/mol. The number of amides is 1. The minimum atomic E-state index is -0.460. The SMILES string of the molecule is CC(=O)N(C)c1ccc(Nc2cc(C)c([N+](=O)[O-])cn2)cc1. The van der Waals surface area contributed by atoms with Crippen molar-refractivity contribution in [2.75, 3.05) is 17.3 Å². The first-order chi connectivity index (χ1) is 10.4. The van der Waals surface area contributed by atoms with Crippen molar-refractivity contribution in [2.45, 2.75) is 13.8 Å². The Kier molecular flexibility index (Phi) is 4.36. The number of carbonyl (C=O) groups is 1. The van der Waals surface area contributed by atoms with Crippen molar-refractivity contribution < 1.29 is 9.72 Å². The van der Waals surface area contributed by atoms with E-state index in [1.807, 2.05) is 24.3 Å². The molecule has 0 saturated heterocycles. The fourth-order valence-electron chi connectivity index (χ4n) is 1.91. The maximum Gasteiger partial charge on any atom is 0.290 e. The van der Waals surface area contributed by atoms with Gasteiger partial charge >= 0.3 is 0 Å². The van der Waals surface area contributed by atoms with E-state index in [0.29, 0.717) is 11.4 Å². The number of nitrogens with zero attached hydrogens (tertiary/aromatic N) is 3. The highest BCUT2D eigenvalue weighted by Gasteiger charge is 2.11. The van der Waals surface area contributed by atoms with Crippen molar-refractivity contribution >= 4 is 28.8 Å². The summed E-state index contributed by atoms with van der Waals surface area (Å²) in [6.45, 7) is 3.16. The molecule has 0 saturated carbocycles. The van der Waals surface area contributed by atoms with Crippen LogP contribution in [-0.2, 0) is 4.79 Å². The van der Waals surface area contributed by atoms with Crippen LogP contribution < -0.4 is 10.2 Å². The smallest absolute Gasteiger partial charge is 0.290 e. The van der Waals surface area contributed by atoms with Crippen LogP contribution in [0.5, 0.6) is 0 Å². The zero-order valence-corrected chi connectivity index (χ0v) is 12.5. The molecule has 2 rings (SSSR count). The first kappa shape index (κ1) is 15.4. The lowest BCUT2D eigenvalue weighted by molar-refractivity contribution is -0.385. The second-order valence-corrected chi connectivity index (χ2v) is 4.86. The summed E-state index contributed by atoms with van der Waals surface area (Å²) in [7, 11) is 1.70. The molecule has 22 heavy (non-hydrogen) atoms. The number of anilines is 3. The van der Waals surface area contributed by atoms with Crippen molar-refractivity contribution in [3.8, 4) is 0 Å². The summed E-state index contributed by atoms with van der Waals surface area (Å²) in [6, 6.07) is 8.86. The molecular formula is C15H16N4O3. The molecule has 1 aromatic heterocycles. The van der Waals surface area contributed by atoms with Gasteiger partial charge in [0.15, 0.2) is 0 Å². The van der Waals surface area contributed by atoms with Crippen molar-refractivity contribution in [3.05, 3.63) is 52.2 Å². The molecule has 0 aliphatic heterocycles. The van der Waals surface area contributed by atoms with Gasteiger partial charge in [-0.05, 0) is 37.3 Å². The number of hydrogen-bond donors (Lipinski definition) is 1. The zero-order chi connectivity index (χ0) is 16.3. The number of hydrogen-bond acceptors (Lipinski definition) is 5. The van der Waals surface area contributed by atoms with Crippen LogP contribution in [0.3, 0.4) is 0 Å². The van der Waals surface area contributed by atoms with Gasteiger partial charge in [0.25, 0.3) is 5.69 Å². The normalized spacial score (nSPS) is 10.1. The van der Waals surface area contributed by atoms with Crippen LogP contribution >= 0.6 is 0 Å². The molecule has 0 fully saturated rings. The maximum absolute atomic E-state index is 11.3. The van der Waals surface area contributed by atoms with Gasteiger partial charge in [-0.25, -0.2) is 4.98 Å². The number of nitro groups is 1. The lowest BCUT2D eigenvalue weighted by Crippen LogP contribution is -2.22. The van der Waals surface area contributed by atoms with Crippen LogP contribution in [0, 0.1) is 17.0 Å². The zero-order valence-electron chi connectivity index (χ0n) is 12.5. The Labute approximate surface area is 127 Å². The third-order valence-electron chi connectivity index (χ3n) is 3.28. The van der Waals surface area contributed by atoms with Crippen molar-refractivity contribution in [3.63, 3.8) is 0 Å². The summed E-state index contributed by atoms with van der Waals surface area (Å²) in [5.74, 6) is 0.476. The Morgan fingerprint density at radius 3 is 2.45 bits per heavy atom. The van der Waals surface area contributed by atoms with E-state index in [2.05, 4.69) is 10.3 Å². The third-order valence-corrected chi connectivity index (χ3v) is 3.28. The van der Waals surface area contributed by atoms with Gasteiger partial charge in [0, 0.05) is 30.9 Å². The molecule has 1 amide bonds. The summed E-state index contributed by atoms with van der Waals surface area (Å²) in [6.07, 6.45) is 1.23. The molecule has 1 aromatic carbocycles. The first-order valence-corrected chi connectivity index (χ1v) is 6.61. The molecule has 0 atom stereocenters. The molecule has 1 heterocycles. The van der Waals surface area contributed by atoms with Crippen LogP contribution in [0.25, 0.3) is 0 Å². The van der Waals surface area contributed by atoms with E-state index >= 15 is 0 Å². The summed E-state index contributed by atoms with van der Waals surface area (Å²) >= 11 is 0. The number of carbonyl (C=O) groups excluding carboxylic acids is 1. The topological polar surface area (TPSA) is 88.4 Å². The lowest BCUT2D eigenvalue weighted by Gasteiger charge is -2.15. The first-order valence-electron chi connectivity index (χ1n) is 6.61. The maximum atomic E-state index is 11.3. The number of rotatable bonds is 4. The van der Waals surface area contributed by atoms with Crippen molar-refractivity contribution in [2.24, 2.45) is 0 Å². The van der Waals surface area contributed by atoms with E-state index in [4.69, 9.17) is 0 Å². The molecule has 0 radical (unpaired) electrons. The van der Waals surface area contributed by atoms with E-state index < -0.39 is 4.92 Å². The molecule has 0 unspecified atom stereocenters. The summed E-state index contributed by atoms with van der Waals surface area (Å²) in [5, 5.41) is 13.8. The largest absolute Gasteiger partial charge is 0.340 e. The number of aromatic nitrogens is 1. The second-order valence-electron chi connectivity index (χ2n) is 4.86. The summed E-state index contributed by atoms with van der Waals surface area (Å²) in [4.78, 5) is 27.2. The van der Waals surface area contributed by atoms with E-state index in [1.54, 1.807) is 20.0 Å². The fourth-order valence-corrected chi connectivity index (χ4v) is 1.91. The highest BCUT2D eigenvalue weighted by atomic mass is 16.6. The second kappa shape index (κ2) is 6.21. The monoisotopic (exact) mass is 300 g/mol. The van der Waals surface area contributed by atoms with Crippen LogP contribution in [0.4, 0.5) is 22.9 Å². The Hall–Kier alpha value is -2.96. The predicted molar refractivity (Wildman–Crippen MR) is 84.4 cm³/mol. The van der Waals surface area contributed by atoms with Gasteiger partial charge in [-0.15, -0.1) is 0 Å². The molecule has 0 aliphatic rings. The molecule has 1 N–H and O–H groups in total. The Morgan fingerprint density at radius 2 is 1.95 bits per heavy atom. The fraction of sp³-hybridized carbons (Fsp3) is 0.200. The summed E-state index contributed by atoms with van der Waals surface area (Å²) in [5.41, 5.74) is 2.09.